The van der Waals surface area contributed by atoms with Crippen molar-refractivity contribution in [2.24, 2.45) is 0 Å². The summed E-state index contributed by atoms with van der Waals surface area (Å²) in [6.45, 7) is 4.12. The van der Waals surface area contributed by atoms with E-state index in [-0.39, 0.29) is 6.04 Å². The van der Waals surface area contributed by atoms with E-state index >= 15 is 0 Å². The Morgan fingerprint density at radius 2 is 1.88 bits per heavy atom. The highest BCUT2D eigenvalue weighted by atomic mass is 35.5. The van der Waals surface area contributed by atoms with E-state index in [0.29, 0.717) is 0 Å². The molecule has 0 aliphatic heterocycles. The Labute approximate surface area is 107 Å². The van der Waals surface area contributed by atoms with Crippen LogP contribution < -0.4 is 5.32 Å². The van der Waals surface area contributed by atoms with Crippen LogP contribution in [0.15, 0.2) is 42.6 Å². The van der Waals surface area contributed by atoms with Gasteiger partial charge in [0.1, 0.15) is 0 Å². The van der Waals surface area contributed by atoms with Gasteiger partial charge in [0.25, 0.3) is 0 Å². The minimum atomic E-state index is 0.232. The van der Waals surface area contributed by atoms with Crippen molar-refractivity contribution in [2.75, 3.05) is 5.32 Å². The van der Waals surface area contributed by atoms with Crippen molar-refractivity contribution >= 4 is 17.3 Å². The molecule has 3 heteroatoms. The molecule has 1 heterocycles. The lowest BCUT2D eigenvalue weighted by Gasteiger charge is -2.16. The van der Waals surface area contributed by atoms with Crippen LogP contribution in [0, 0.1) is 6.92 Å². The molecule has 0 saturated carbocycles. The lowest BCUT2D eigenvalue weighted by Crippen LogP contribution is -2.07. The molecule has 88 valence electrons. The monoisotopic (exact) mass is 246 g/mol. The van der Waals surface area contributed by atoms with Gasteiger partial charge in [0.2, 0.25) is 0 Å². The van der Waals surface area contributed by atoms with Crippen LogP contribution in [0.3, 0.4) is 0 Å². The van der Waals surface area contributed by atoms with Crippen molar-refractivity contribution in [1.82, 2.24) is 4.98 Å². The average molecular weight is 247 g/mol. The lowest BCUT2D eigenvalue weighted by molar-refractivity contribution is 0.879. The van der Waals surface area contributed by atoms with Crippen molar-refractivity contribution in [3.05, 3.63) is 58.9 Å². The number of pyridine rings is 1. The number of aryl methyl sites for hydroxylation is 1. The minimum absolute atomic E-state index is 0.232. The van der Waals surface area contributed by atoms with Gasteiger partial charge in [-0.25, -0.2) is 0 Å². The Bertz CT molecular complexity index is 494. The summed E-state index contributed by atoms with van der Waals surface area (Å²) in [7, 11) is 0. The normalized spacial score (nSPS) is 12.2. The molecule has 1 atom stereocenters. The Morgan fingerprint density at radius 1 is 1.18 bits per heavy atom. The van der Waals surface area contributed by atoms with Crippen LogP contribution in [-0.2, 0) is 0 Å². The number of hydrogen-bond donors (Lipinski definition) is 1. The molecule has 2 aromatic rings. The van der Waals surface area contributed by atoms with E-state index < -0.39 is 0 Å². The number of anilines is 1. The molecule has 0 saturated heterocycles. The third-order valence-corrected chi connectivity index (χ3v) is 3.00. The molecule has 1 aromatic carbocycles. The van der Waals surface area contributed by atoms with Gasteiger partial charge in [-0.05, 0) is 43.7 Å². The molecular formula is C14H15ClN2. The van der Waals surface area contributed by atoms with Gasteiger partial charge in [0.05, 0.1) is 11.4 Å². The fraction of sp³-hybridized carbons (Fsp3) is 0.214. The maximum Gasteiger partial charge on any atom is 0.0603 e. The van der Waals surface area contributed by atoms with E-state index in [0.717, 1.165) is 16.4 Å². The zero-order chi connectivity index (χ0) is 12.3. The molecule has 0 fully saturated rings. The summed E-state index contributed by atoms with van der Waals surface area (Å²) in [4.78, 5) is 4.26. The van der Waals surface area contributed by atoms with E-state index in [9.17, 15) is 0 Å². The molecule has 0 radical (unpaired) electrons. The minimum Gasteiger partial charge on any atom is -0.377 e. The number of nitrogens with zero attached hydrogens (tertiary/aromatic N) is 1. The van der Waals surface area contributed by atoms with Crippen LogP contribution in [0.4, 0.5) is 5.69 Å². The van der Waals surface area contributed by atoms with E-state index in [1.807, 2.05) is 43.3 Å². The van der Waals surface area contributed by atoms with E-state index in [2.05, 4.69) is 17.2 Å². The average Bonchev–Trinajstić information content (AvgIpc) is 2.33. The Balaban J connectivity index is 2.14. The van der Waals surface area contributed by atoms with Crippen molar-refractivity contribution in [2.45, 2.75) is 19.9 Å². The predicted molar refractivity (Wildman–Crippen MR) is 72.5 cm³/mol. The van der Waals surface area contributed by atoms with Crippen LogP contribution in [0.2, 0.25) is 5.02 Å². The van der Waals surface area contributed by atoms with Crippen LogP contribution >= 0.6 is 11.6 Å². The Morgan fingerprint density at radius 3 is 2.53 bits per heavy atom. The van der Waals surface area contributed by atoms with E-state index in [4.69, 9.17) is 11.6 Å². The van der Waals surface area contributed by atoms with Crippen molar-refractivity contribution in [1.29, 1.82) is 0 Å². The molecule has 0 amide bonds. The molecule has 1 N–H and O–H groups in total. The maximum atomic E-state index is 5.87. The summed E-state index contributed by atoms with van der Waals surface area (Å²) < 4.78 is 0. The molecule has 0 bridgehead atoms. The fourth-order valence-electron chi connectivity index (χ4n) is 1.70. The van der Waals surface area contributed by atoms with Gasteiger partial charge in [-0.3, -0.25) is 4.98 Å². The van der Waals surface area contributed by atoms with Crippen molar-refractivity contribution in [3.63, 3.8) is 0 Å². The van der Waals surface area contributed by atoms with Gasteiger partial charge in [-0.1, -0.05) is 23.7 Å². The summed E-state index contributed by atoms with van der Waals surface area (Å²) in [5.74, 6) is 0. The zero-order valence-electron chi connectivity index (χ0n) is 9.94. The van der Waals surface area contributed by atoms with E-state index in [1.54, 1.807) is 6.20 Å². The molecule has 0 aliphatic rings. The Kier molecular flexibility index (Phi) is 3.64. The highest BCUT2D eigenvalue weighted by molar-refractivity contribution is 6.30. The second kappa shape index (κ2) is 5.19. The summed E-state index contributed by atoms with van der Waals surface area (Å²) in [5.41, 5.74) is 3.28. The van der Waals surface area contributed by atoms with Gasteiger partial charge in [-0.2, -0.15) is 0 Å². The third-order valence-electron chi connectivity index (χ3n) is 2.75. The highest BCUT2D eigenvalue weighted by Crippen LogP contribution is 2.21. The number of benzene rings is 1. The predicted octanol–water partition coefficient (Wildman–Crippen LogP) is 4.22. The van der Waals surface area contributed by atoms with Crippen LogP contribution in [0.1, 0.15) is 24.2 Å². The SMILES string of the molecule is Cc1ncccc1NC(C)c1ccc(Cl)cc1. The smallest absolute Gasteiger partial charge is 0.0603 e. The summed E-state index contributed by atoms with van der Waals surface area (Å²) in [6, 6.07) is 12.1. The van der Waals surface area contributed by atoms with Gasteiger partial charge < -0.3 is 5.32 Å². The quantitative estimate of drug-likeness (QED) is 0.877. The van der Waals surface area contributed by atoms with Crippen LogP contribution in [0.25, 0.3) is 0 Å². The summed E-state index contributed by atoms with van der Waals surface area (Å²) in [6.07, 6.45) is 1.80. The van der Waals surface area contributed by atoms with Gasteiger partial charge in [0.15, 0.2) is 0 Å². The summed E-state index contributed by atoms with van der Waals surface area (Å²) >= 11 is 5.87. The van der Waals surface area contributed by atoms with Gasteiger partial charge >= 0.3 is 0 Å². The molecule has 2 rings (SSSR count). The molecule has 0 aliphatic carbocycles. The number of nitrogens with one attached hydrogen (secondary N) is 1. The molecule has 1 aromatic heterocycles. The number of halogens is 1. The molecular weight excluding hydrogens is 232 g/mol. The first kappa shape index (κ1) is 11.9. The molecule has 2 nitrogen and oxygen atoms in total. The van der Waals surface area contributed by atoms with Crippen LogP contribution in [0.5, 0.6) is 0 Å². The van der Waals surface area contributed by atoms with Crippen molar-refractivity contribution in [3.8, 4) is 0 Å². The highest BCUT2D eigenvalue weighted by Gasteiger charge is 2.06. The number of aromatic nitrogens is 1. The topological polar surface area (TPSA) is 24.9 Å². The van der Waals surface area contributed by atoms with Crippen molar-refractivity contribution < 1.29 is 0 Å². The largest absolute Gasteiger partial charge is 0.377 e. The zero-order valence-corrected chi connectivity index (χ0v) is 10.7. The molecule has 17 heavy (non-hydrogen) atoms. The second-order valence-electron chi connectivity index (χ2n) is 4.05. The van der Waals surface area contributed by atoms with Gasteiger partial charge in [-0.15, -0.1) is 0 Å². The number of hydrogen-bond acceptors (Lipinski definition) is 2. The molecule has 0 spiro atoms. The Hall–Kier alpha value is -1.54. The first-order chi connectivity index (χ1) is 8.16. The maximum absolute atomic E-state index is 5.87. The van der Waals surface area contributed by atoms with E-state index in [1.165, 1.54) is 5.56 Å². The summed E-state index contributed by atoms with van der Waals surface area (Å²) in [5, 5.41) is 4.20. The third kappa shape index (κ3) is 2.98. The fourth-order valence-corrected chi connectivity index (χ4v) is 1.83. The first-order valence-electron chi connectivity index (χ1n) is 5.60. The number of rotatable bonds is 3. The van der Waals surface area contributed by atoms with Crippen LogP contribution in [-0.4, -0.2) is 4.98 Å². The van der Waals surface area contributed by atoms with Gasteiger partial charge in [0, 0.05) is 17.3 Å². The lowest BCUT2D eigenvalue weighted by atomic mass is 10.1. The first-order valence-corrected chi connectivity index (χ1v) is 5.98. The standard InChI is InChI=1S/C14H15ClN2/c1-10(12-5-7-13(15)8-6-12)17-14-4-3-9-16-11(14)2/h3-10,17H,1-2H3. The second-order valence-corrected chi connectivity index (χ2v) is 4.49. The molecule has 1 unspecified atom stereocenters.